The van der Waals surface area contributed by atoms with Crippen LogP contribution in [0.3, 0.4) is 0 Å². The van der Waals surface area contributed by atoms with Crippen LogP contribution in [0.4, 0.5) is 5.82 Å². The van der Waals surface area contributed by atoms with Crippen molar-refractivity contribution in [2.45, 2.75) is 38.8 Å². The Bertz CT molecular complexity index is 954. The van der Waals surface area contributed by atoms with E-state index in [0.717, 1.165) is 11.3 Å². The number of aromatic nitrogens is 3. The van der Waals surface area contributed by atoms with E-state index < -0.39 is 11.9 Å². The van der Waals surface area contributed by atoms with Crippen LogP contribution in [-0.2, 0) is 9.53 Å². The first-order valence-electron chi connectivity index (χ1n) is 9.24. The second-order valence-corrected chi connectivity index (χ2v) is 7.94. The topological polar surface area (TPSA) is 97.0 Å². The van der Waals surface area contributed by atoms with Gasteiger partial charge < -0.3 is 15.0 Å². The van der Waals surface area contributed by atoms with Crippen LogP contribution in [-0.4, -0.2) is 33.3 Å². The Hall–Kier alpha value is -2.61. The average Bonchev–Trinajstić information content (AvgIpc) is 2.66. The molecule has 2 N–H and O–H groups in total. The first-order chi connectivity index (χ1) is 13.4. The number of hydrogen-bond acceptors (Lipinski definition) is 7. The number of esters is 1. The summed E-state index contributed by atoms with van der Waals surface area (Å²) in [5.41, 5.74) is 1.98. The Kier molecular flexibility index (Phi) is 6.18. The number of ether oxygens (including phenoxy) is 1. The monoisotopic (exact) mass is 400 g/mol. The number of aromatic amines is 1. The minimum Gasteiger partial charge on any atom is -0.463 e. The van der Waals surface area contributed by atoms with Crippen molar-refractivity contribution in [2.24, 2.45) is 5.92 Å². The second kappa shape index (κ2) is 8.60. The van der Waals surface area contributed by atoms with Gasteiger partial charge in [0.05, 0.1) is 23.7 Å². The number of H-pyrrole nitrogens is 1. The number of carbonyl (C=O) groups excluding carboxylic acids is 1. The van der Waals surface area contributed by atoms with Gasteiger partial charge in [-0.05, 0) is 37.5 Å². The SMILES string of the molecule is CCOC(=O)C1=C(C)Nc2nc(SCC(C)C)[nH]c(=O)c2[C@@H]1c1ccncc1. The van der Waals surface area contributed by atoms with Crippen LogP contribution in [0.25, 0.3) is 0 Å². The van der Waals surface area contributed by atoms with Crippen LogP contribution in [0.2, 0.25) is 0 Å². The second-order valence-electron chi connectivity index (χ2n) is 6.94. The smallest absolute Gasteiger partial charge is 0.336 e. The number of nitrogens with one attached hydrogen (secondary N) is 2. The van der Waals surface area contributed by atoms with Crippen LogP contribution < -0.4 is 10.9 Å². The highest BCUT2D eigenvalue weighted by atomic mass is 32.2. The average molecular weight is 401 g/mol. The van der Waals surface area contributed by atoms with E-state index in [9.17, 15) is 9.59 Å². The van der Waals surface area contributed by atoms with Gasteiger partial charge >= 0.3 is 5.97 Å². The molecule has 8 heteroatoms. The van der Waals surface area contributed by atoms with Crippen LogP contribution >= 0.6 is 11.8 Å². The zero-order chi connectivity index (χ0) is 20.3. The number of carbonyl (C=O) groups is 1. The molecule has 0 spiro atoms. The van der Waals surface area contributed by atoms with E-state index in [1.807, 2.05) is 0 Å². The van der Waals surface area contributed by atoms with Gasteiger partial charge in [0.2, 0.25) is 0 Å². The lowest BCUT2D eigenvalue weighted by Gasteiger charge is -2.28. The van der Waals surface area contributed by atoms with E-state index in [1.54, 1.807) is 38.4 Å². The van der Waals surface area contributed by atoms with Gasteiger partial charge in [0.25, 0.3) is 5.56 Å². The lowest BCUT2D eigenvalue weighted by molar-refractivity contribution is -0.138. The van der Waals surface area contributed by atoms with Crippen molar-refractivity contribution < 1.29 is 9.53 Å². The molecule has 0 amide bonds. The number of hydrogen-bond donors (Lipinski definition) is 2. The molecule has 7 nitrogen and oxygen atoms in total. The minimum absolute atomic E-state index is 0.255. The van der Waals surface area contributed by atoms with E-state index in [0.29, 0.717) is 33.7 Å². The predicted octanol–water partition coefficient (Wildman–Crippen LogP) is 3.31. The van der Waals surface area contributed by atoms with Crippen LogP contribution in [0.1, 0.15) is 44.7 Å². The van der Waals surface area contributed by atoms with E-state index >= 15 is 0 Å². The third-order valence-corrected chi connectivity index (χ3v) is 5.61. The maximum absolute atomic E-state index is 13.0. The summed E-state index contributed by atoms with van der Waals surface area (Å²) < 4.78 is 5.26. The first-order valence-corrected chi connectivity index (χ1v) is 10.2. The van der Waals surface area contributed by atoms with Crippen molar-refractivity contribution in [3.8, 4) is 0 Å². The third kappa shape index (κ3) is 4.11. The Labute approximate surface area is 168 Å². The number of nitrogens with zero attached hydrogens (tertiary/aromatic N) is 2. The minimum atomic E-state index is -0.571. The molecule has 0 fully saturated rings. The molecule has 0 radical (unpaired) electrons. The van der Waals surface area contributed by atoms with E-state index in [4.69, 9.17) is 4.74 Å². The summed E-state index contributed by atoms with van der Waals surface area (Å²) in [6, 6.07) is 3.60. The number of fused-ring (bicyclic) bond motifs is 1. The zero-order valence-corrected chi connectivity index (χ0v) is 17.2. The molecule has 3 heterocycles. The number of pyridine rings is 1. The van der Waals surface area contributed by atoms with Crippen molar-refractivity contribution in [1.29, 1.82) is 0 Å². The Morgan fingerprint density at radius 3 is 2.68 bits per heavy atom. The van der Waals surface area contributed by atoms with Crippen LogP contribution in [0.15, 0.2) is 45.7 Å². The first kappa shape index (κ1) is 20.1. The van der Waals surface area contributed by atoms with Gasteiger partial charge in [-0.15, -0.1) is 0 Å². The summed E-state index contributed by atoms with van der Waals surface area (Å²) >= 11 is 1.50. The molecule has 0 bridgehead atoms. The molecule has 0 saturated carbocycles. The molecule has 1 aliphatic rings. The van der Waals surface area contributed by atoms with E-state index in [2.05, 4.69) is 34.1 Å². The van der Waals surface area contributed by atoms with Gasteiger partial charge in [-0.3, -0.25) is 9.78 Å². The molecule has 0 aromatic carbocycles. The van der Waals surface area contributed by atoms with E-state index in [1.165, 1.54) is 11.8 Å². The highest BCUT2D eigenvalue weighted by Gasteiger charge is 2.36. The van der Waals surface area contributed by atoms with Crippen LogP contribution in [0.5, 0.6) is 0 Å². The van der Waals surface area contributed by atoms with Crippen molar-refractivity contribution in [3.05, 3.63) is 57.3 Å². The Morgan fingerprint density at radius 1 is 1.32 bits per heavy atom. The summed E-state index contributed by atoms with van der Waals surface area (Å²) in [6.45, 7) is 8.03. The fraction of sp³-hybridized carbons (Fsp3) is 0.400. The molecule has 3 rings (SSSR count). The summed E-state index contributed by atoms with van der Waals surface area (Å²) in [4.78, 5) is 37.2. The van der Waals surface area contributed by atoms with Crippen molar-refractivity contribution in [2.75, 3.05) is 17.7 Å². The van der Waals surface area contributed by atoms with Gasteiger partial charge in [0.1, 0.15) is 5.82 Å². The third-order valence-electron chi connectivity index (χ3n) is 4.31. The molecule has 28 heavy (non-hydrogen) atoms. The standard InChI is InChI=1S/C20H24N4O3S/c1-5-27-19(26)14-12(4)22-17-16(15(14)13-6-8-21-9-7-13)18(25)24-20(23-17)28-10-11(2)3/h6-9,11,15H,5,10H2,1-4H3,(H2,22,23,24,25)/t15-/m1/s1. The number of anilines is 1. The summed E-state index contributed by atoms with van der Waals surface area (Å²) in [7, 11) is 0. The van der Waals surface area contributed by atoms with Crippen molar-refractivity contribution in [1.82, 2.24) is 15.0 Å². The zero-order valence-electron chi connectivity index (χ0n) is 16.4. The highest BCUT2D eigenvalue weighted by molar-refractivity contribution is 7.99. The molecule has 1 aliphatic heterocycles. The van der Waals surface area contributed by atoms with Gasteiger partial charge in [-0.2, -0.15) is 0 Å². The summed E-state index contributed by atoms with van der Waals surface area (Å²) in [5, 5.41) is 3.70. The predicted molar refractivity (Wildman–Crippen MR) is 109 cm³/mol. The number of thioether (sulfide) groups is 1. The summed E-state index contributed by atoms with van der Waals surface area (Å²) in [5.74, 6) is 0.776. The van der Waals surface area contributed by atoms with Gasteiger partial charge in [0.15, 0.2) is 5.16 Å². The van der Waals surface area contributed by atoms with Gasteiger partial charge in [-0.25, -0.2) is 9.78 Å². The molecule has 2 aromatic rings. The molecular formula is C20H24N4O3S. The fourth-order valence-electron chi connectivity index (χ4n) is 3.11. The van der Waals surface area contributed by atoms with Gasteiger partial charge in [0, 0.05) is 23.8 Å². The van der Waals surface area contributed by atoms with Gasteiger partial charge in [-0.1, -0.05) is 25.6 Å². The molecule has 0 unspecified atom stereocenters. The lowest BCUT2D eigenvalue weighted by atomic mass is 9.83. The molecule has 1 atom stereocenters. The van der Waals surface area contributed by atoms with E-state index in [-0.39, 0.29) is 12.2 Å². The Morgan fingerprint density at radius 2 is 2.04 bits per heavy atom. The molecule has 0 aliphatic carbocycles. The Balaban J connectivity index is 2.14. The molecule has 0 saturated heterocycles. The number of rotatable bonds is 6. The van der Waals surface area contributed by atoms with Crippen LogP contribution in [0, 0.1) is 5.92 Å². The molecular weight excluding hydrogens is 376 g/mol. The van der Waals surface area contributed by atoms with Crippen molar-refractivity contribution >= 4 is 23.5 Å². The lowest BCUT2D eigenvalue weighted by Crippen LogP contribution is -2.31. The van der Waals surface area contributed by atoms with Crippen molar-refractivity contribution in [3.63, 3.8) is 0 Å². The maximum atomic E-state index is 13.0. The number of allylic oxidation sites excluding steroid dienone is 1. The molecule has 148 valence electrons. The maximum Gasteiger partial charge on any atom is 0.336 e. The normalized spacial score (nSPS) is 16.0. The highest BCUT2D eigenvalue weighted by Crippen LogP contribution is 2.39. The largest absolute Gasteiger partial charge is 0.463 e. The summed E-state index contributed by atoms with van der Waals surface area (Å²) in [6.07, 6.45) is 3.28. The fourth-order valence-corrected chi connectivity index (χ4v) is 3.93. The molecule has 2 aromatic heterocycles. The quantitative estimate of drug-likeness (QED) is 0.436.